The Hall–Kier alpha value is -2.44. The van der Waals surface area contributed by atoms with Crippen molar-refractivity contribution in [3.8, 4) is 11.5 Å². The molecule has 1 aliphatic rings. The quantitative estimate of drug-likeness (QED) is 0.875. The molecule has 7 heteroatoms. The summed E-state index contributed by atoms with van der Waals surface area (Å²) in [6.07, 6.45) is -0.698. The standard InChI is InChI=1S/C17H23NO6/c1-10-7-11(14-13(8-10)22-5-6-23-14)9-12(15(19)20)18-16(21)24-17(2,3)4/h7-8,12H,5-6,9H2,1-4H3,(H,18,21)(H,19,20)/t12-/m0/s1. The van der Waals surface area contributed by atoms with Gasteiger partial charge in [0.05, 0.1) is 0 Å². The third-order valence-corrected chi connectivity index (χ3v) is 3.28. The minimum atomic E-state index is -1.15. The van der Waals surface area contributed by atoms with Crippen LogP contribution in [0.3, 0.4) is 0 Å². The van der Waals surface area contributed by atoms with Gasteiger partial charge < -0.3 is 24.6 Å². The van der Waals surface area contributed by atoms with Gasteiger partial charge in [-0.1, -0.05) is 6.07 Å². The first-order chi connectivity index (χ1) is 11.2. The zero-order valence-corrected chi connectivity index (χ0v) is 14.3. The lowest BCUT2D eigenvalue weighted by Gasteiger charge is -2.24. The molecule has 132 valence electrons. The fourth-order valence-electron chi connectivity index (χ4n) is 2.40. The van der Waals surface area contributed by atoms with Crippen molar-refractivity contribution in [2.75, 3.05) is 13.2 Å². The molecule has 0 aliphatic carbocycles. The molecular formula is C17H23NO6. The summed E-state index contributed by atoms with van der Waals surface area (Å²) in [4.78, 5) is 23.4. The van der Waals surface area contributed by atoms with Crippen LogP contribution < -0.4 is 14.8 Å². The summed E-state index contributed by atoms with van der Waals surface area (Å²) in [6, 6.07) is 2.55. The van der Waals surface area contributed by atoms with E-state index < -0.39 is 23.7 Å². The van der Waals surface area contributed by atoms with Crippen molar-refractivity contribution in [3.63, 3.8) is 0 Å². The van der Waals surface area contributed by atoms with E-state index in [4.69, 9.17) is 14.2 Å². The van der Waals surface area contributed by atoms with Crippen LogP contribution in [0.4, 0.5) is 4.79 Å². The lowest BCUT2D eigenvalue weighted by molar-refractivity contribution is -0.139. The predicted molar refractivity (Wildman–Crippen MR) is 86.7 cm³/mol. The molecule has 0 unspecified atom stereocenters. The molecule has 2 N–H and O–H groups in total. The number of aryl methyl sites for hydroxylation is 1. The number of carbonyl (C=O) groups excluding carboxylic acids is 1. The Labute approximate surface area is 140 Å². The Bertz CT molecular complexity index is 635. The second-order valence-electron chi connectivity index (χ2n) is 6.69. The number of alkyl carbamates (subject to hydrolysis) is 1. The number of hydrogen-bond acceptors (Lipinski definition) is 5. The van der Waals surface area contributed by atoms with Crippen molar-refractivity contribution >= 4 is 12.1 Å². The number of amides is 1. The summed E-state index contributed by atoms with van der Waals surface area (Å²) in [6.45, 7) is 7.88. The Morgan fingerprint density at radius 1 is 1.29 bits per heavy atom. The molecule has 2 rings (SSSR count). The average Bonchev–Trinajstić information content (AvgIpc) is 2.44. The van der Waals surface area contributed by atoms with Gasteiger partial charge in [-0.3, -0.25) is 0 Å². The summed E-state index contributed by atoms with van der Waals surface area (Å²) in [5, 5.41) is 11.8. The highest BCUT2D eigenvalue weighted by atomic mass is 16.6. The minimum Gasteiger partial charge on any atom is -0.486 e. The van der Waals surface area contributed by atoms with E-state index in [1.807, 2.05) is 19.1 Å². The summed E-state index contributed by atoms with van der Waals surface area (Å²) in [7, 11) is 0. The molecule has 24 heavy (non-hydrogen) atoms. The largest absolute Gasteiger partial charge is 0.486 e. The minimum absolute atomic E-state index is 0.0714. The number of ether oxygens (including phenoxy) is 3. The molecule has 1 heterocycles. The first-order valence-electron chi connectivity index (χ1n) is 7.77. The highest BCUT2D eigenvalue weighted by Gasteiger charge is 2.27. The molecule has 0 aromatic heterocycles. The van der Waals surface area contributed by atoms with Crippen LogP contribution in [0, 0.1) is 6.92 Å². The van der Waals surface area contributed by atoms with Gasteiger partial charge in [0.15, 0.2) is 11.5 Å². The number of benzene rings is 1. The van der Waals surface area contributed by atoms with Crippen LogP contribution in [0.1, 0.15) is 31.9 Å². The Balaban J connectivity index is 2.18. The van der Waals surface area contributed by atoms with Crippen molar-refractivity contribution in [2.24, 2.45) is 0 Å². The SMILES string of the molecule is Cc1cc(C[C@H](NC(=O)OC(C)(C)C)C(=O)O)c2c(c1)OCCO2. The van der Waals surface area contributed by atoms with E-state index in [9.17, 15) is 14.7 Å². The molecule has 0 spiro atoms. The van der Waals surface area contributed by atoms with E-state index >= 15 is 0 Å². The van der Waals surface area contributed by atoms with Gasteiger partial charge in [0, 0.05) is 12.0 Å². The van der Waals surface area contributed by atoms with Crippen LogP contribution in [-0.4, -0.2) is 42.0 Å². The molecule has 1 aromatic rings. The number of fused-ring (bicyclic) bond motifs is 1. The average molecular weight is 337 g/mol. The molecular weight excluding hydrogens is 314 g/mol. The van der Waals surface area contributed by atoms with Crippen LogP contribution in [0.25, 0.3) is 0 Å². The number of carboxylic acid groups (broad SMARTS) is 1. The molecule has 1 aliphatic heterocycles. The number of carbonyl (C=O) groups is 2. The fourth-order valence-corrected chi connectivity index (χ4v) is 2.40. The van der Waals surface area contributed by atoms with Gasteiger partial charge in [-0.25, -0.2) is 9.59 Å². The number of nitrogens with one attached hydrogen (secondary N) is 1. The number of rotatable bonds is 4. The smallest absolute Gasteiger partial charge is 0.408 e. The van der Waals surface area contributed by atoms with E-state index in [2.05, 4.69) is 5.32 Å². The van der Waals surface area contributed by atoms with Crippen LogP contribution in [-0.2, 0) is 16.0 Å². The molecule has 0 saturated carbocycles. The molecule has 1 atom stereocenters. The lowest BCUT2D eigenvalue weighted by atomic mass is 10.0. The van der Waals surface area contributed by atoms with Crippen molar-refractivity contribution < 1.29 is 28.9 Å². The third kappa shape index (κ3) is 4.78. The summed E-state index contributed by atoms with van der Waals surface area (Å²) in [5.74, 6) is -0.0189. The highest BCUT2D eigenvalue weighted by Crippen LogP contribution is 2.35. The highest BCUT2D eigenvalue weighted by molar-refractivity contribution is 5.80. The maximum Gasteiger partial charge on any atom is 0.408 e. The topological polar surface area (TPSA) is 94.1 Å². The van der Waals surface area contributed by atoms with Gasteiger partial charge in [-0.15, -0.1) is 0 Å². The van der Waals surface area contributed by atoms with Crippen molar-refractivity contribution in [3.05, 3.63) is 23.3 Å². The second kappa shape index (κ2) is 6.98. The van der Waals surface area contributed by atoms with Crippen molar-refractivity contribution in [2.45, 2.75) is 45.8 Å². The number of hydrogen-bond donors (Lipinski definition) is 2. The number of aliphatic carboxylic acids is 1. The molecule has 0 saturated heterocycles. The first-order valence-corrected chi connectivity index (χ1v) is 7.77. The summed E-state index contributed by atoms with van der Waals surface area (Å²) < 4.78 is 16.3. The zero-order chi connectivity index (χ0) is 17.9. The fraction of sp³-hybridized carbons (Fsp3) is 0.529. The molecule has 1 amide bonds. The Morgan fingerprint density at radius 2 is 1.96 bits per heavy atom. The van der Waals surface area contributed by atoms with Gasteiger partial charge in [0.1, 0.15) is 24.9 Å². The summed E-state index contributed by atoms with van der Waals surface area (Å²) in [5.41, 5.74) is 0.899. The molecule has 0 radical (unpaired) electrons. The van der Waals surface area contributed by atoms with Crippen molar-refractivity contribution in [1.29, 1.82) is 0 Å². The molecule has 0 fully saturated rings. The first kappa shape index (κ1) is 17.9. The maximum atomic E-state index is 11.9. The van der Waals surface area contributed by atoms with Gasteiger partial charge in [-0.2, -0.15) is 0 Å². The lowest BCUT2D eigenvalue weighted by Crippen LogP contribution is -2.44. The van der Waals surface area contributed by atoms with E-state index in [-0.39, 0.29) is 6.42 Å². The van der Waals surface area contributed by atoms with Crippen LogP contribution in [0.2, 0.25) is 0 Å². The third-order valence-electron chi connectivity index (χ3n) is 3.28. The molecule has 1 aromatic carbocycles. The van der Waals surface area contributed by atoms with Gasteiger partial charge in [0.2, 0.25) is 0 Å². The maximum absolute atomic E-state index is 11.9. The van der Waals surface area contributed by atoms with Crippen LogP contribution >= 0.6 is 0 Å². The number of carboxylic acids is 1. The van der Waals surface area contributed by atoms with Crippen LogP contribution in [0.15, 0.2) is 12.1 Å². The normalized spacial score (nSPS) is 14.7. The van der Waals surface area contributed by atoms with Gasteiger partial charge in [-0.05, 0) is 39.3 Å². The molecule has 0 bridgehead atoms. The van der Waals surface area contributed by atoms with Crippen LogP contribution in [0.5, 0.6) is 11.5 Å². The Morgan fingerprint density at radius 3 is 2.58 bits per heavy atom. The predicted octanol–water partition coefficient (Wildman–Crippen LogP) is 2.29. The summed E-state index contributed by atoms with van der Waals surface area (Å²) >= 11 is 0. The van der Waals surface area contributed by atoms with E-state index in [1.165, 1.54) is 0 Å². The monoisotopic (exact) mass is 337 g/mol. The van der Waals surface area contributed by atoms with E-state index in [0.717, 1.165) is 5.56 Å². The second-order valence-corrected chi connectivity index (χ2v) is 6.69. The van der Waals surface area contributed by atoms with Gasteiger partial charge in [0.25, 0.3) is 0 Å². The zero-order valence-electron chi connectivity index (χ0n) is 14.3. The molecule has 7 nitrogen and oxygen atoms in total. The Kier molecular flexibility index (Phi) is 5.21. The van der Waals surface area contributed by atoms with Gasteiger partial charge >= 0.3 is 12.1 Å². The van der Waals surface area contributed by atoms with Crippen molar-refractivity contribution in [1.82, 2.24) is 5.32 Å². The van der Waals surface area contributed by atoms with E-state index in [0.29, 0.717) is 30.3 Å². The van der Waals surface area contributed by atoms with E-state index in [1.54, 1.807) is 20.8 Å².